The molecule has 3 N–H and O–H groups in total. The van der Waals surface area contributed by atoms with Crippen molar-refractivity contribution < 1.29 is 5.11 Å². The Balaban J connectivity index is 3.95. The number of rotatable bonds is 5. The van der Waals surface area contributed by atoms with Gasteiger partial charge in [0.25, 0.3) is 0 Å². The third kappa shape index (κ3) is 5.46. The fourth-order valence-electron chi connectivity index (χ4n) is 0.997. The topological polar surface area (TPSA) is 49.5 Å². The molecular weight excluding hydrogens is 172 g/mol. The van der Waals surface area contributed by atoms with Gasteiger partial charge in [0.05, 0.1) is 11.1 Å². The van der Waals surface area contributed by atoms with Crippen LogP contribution >= 0.6 is 12.2 Å². The lowest BCUT2D eigenvalue weighted by atomic mass is 10.2. The Hall–Kier alpha value is -0.190. The highest BCUT2D eigenvalue weighted by molar-refractivity contribution is 7.80. The van der Waals surface area contributed by atoms with Crippen LogP contribution in [-0.4, -0.2) is 40.2 Å². The lowest BCUT2D eigenvalue weighted by Crippen LogP contribution is -2.41. The predicted molar refractivity (Wildman–Crippen MR) is 55.2 cm³/mol. The van der Waals surface area contributed by atoms with Crippen LogP contribution in [0.5, 0.6) is 0 Å². The van der Waals surface area contributed by atoms with Crippen LogP contribution in [-0.2, 0) is 0 Å². The van der Waals surface area contributed by atoms with Gasteiger partial charge in [0.1, 0.15) is 0 Å². The van der Waals surface area contributed by atoms with E-state index >= 15 is 0 Å². The van der Waals surface area contributed by atoms with Gasteiger partial charge in [-0.2, -0.15) is 0 Å². The molecule has 0 spiro atoms. The van der Waals surface area contributed by atoms with Crippen molar-refractivity contribution in [2.45, 2.75) is 32.9 Å². The standard InChI is InChI=1S/C8H18N2OS/c1-6(2)10(4-7(3)11)5-8(9)12/h6-7,11H,4-5H2,1-3H3,(H2,9,12). The molecule has 4 heteroatoms. The Bertz CT molecular complexity index is 148. The molecule has 0 bridgehead atoms. The van der Waals surface area contributed by atoms with Gasteiger partial charge in [-0.25, -0.2) is 0 Å². The lowest BCUT2D eigenvalue weighted by Gasteiger charge is -2.26. The molecule has 0 heterocycles. The highest BCUT2D eigenvalue weighted by atomic mass is 32.1. The second-order valence-corrected chi connectivity index (χ2v) is 3.86. The minimum Gasteiger partial charge on any atom is -0.392 e. The molecule has 1 unspecified atom stereocenters. The molecular formula is C8H18N2OS. The van der Waals surface area contributed by atoms with Gasteiger partial charge < -0.3 is 10.8 Å². The highest BCUT2D eigenvalue weighted by Gasteiger charge is 2.12. The Kier molecular flexibility index (Phi) is 5.37. The van der Waals surface area contributed by atoms with Gasteiger partial charge in [-0.1, -0.05) is 12.2 Å². The number of aliphatic hydroxyl groups is 1. The quantitative estimate of drug-likeness (QED) is 0.615. The highest BCUT2D eigenvalue weighted by Crippen LogP contribution is 1.99. The van der Waals surface area contributed by atoms with Crippen molar-refractivity contribution in [2.75, 3.05) is 13.1 Å². The maximum atomic E-state index is 9.16. The molecule has 0 fully saturated rings. The molecule has 0 aromatic heterocycles. The van der Waals surface area contributed by atoms with Crippen LogP contribution in [0.2, 0.25) is 0 Å². The third-order valence-electron chi connectivity index (χ3n) is 1.59. The molecule has 0 rings (SSSR count). The van der Waals surface area contributed by atoms with Crippen LogP contribution in [0.4, 0.5) is 0 Å². The van der Waals surface area contributed by atoms with E-state index in [0.29, 0.717) is 24.1 Å². The van der Waals surface area contributed by atoms with Crippen molar-refractivity contribution in [3.63, 3.8) is 0 Å². The van der Waals surface area contributed by atoms with E-state index in [1.54, 1.807) is 6.92 Å². The van der Waals surface area contributed by atoms with E-state index in [-0.39, 0.29) is 6.10 Å². The normalized spacial score (nSPS) is 13.8. The average Bonchev–Trinajstić information content (AvgIpc) is 1.83. The second-order valence-electron chi connectivity index (χ2n) is 3.34. The first-order valence-electron chi connectivity index (χ1n) is 4.14. The van der Waals surface area contributed by atoms with E-state index in [1.165, 1.54) is 0 Å². The smallest absolute Gasteiger partial charge is 0.0870 e. The van der Waals surface area contributed by atoms with Crippen molar-refractivity contribution >= 4 is 17.2 Å². The van der Waals surface area contributed by atoms with Crippen molar-refractivity contribution in [2.24, 2.45) is 5.73 Å². The van der Waals surface area contributed by atoms with E-state index in [0.717, 1.165) is 0 Å². The molecule has 0 aromatic rings. The van der Waals surface area contributed by atoms with Crippen molar-refractivity contribution in [1.82, 2.24) is 4.90 Å². The largest absolute Gasteiger partial charge is 0.392 e. The summed E-state index contributed by atoms with van der Waals surface area (Å²) in [5.74, 6) is 0. The first kappa shape index (κ1) is 11.8. The fourth-order valence-corrected chi connectivity index (χ4v) is 1.16. The SMILES string of the molecule is CC(O)CN(CC(N)=S)C(C)C. The van der Waals surface area contributed by atoms with Gasteiger partial charge in [-0.05, 0) is 20.8 Å². The first-order valence-corrected chi connectivity index (χ1v) is 4.54. The van der Waals surface area contributed by atoms with Crippen LogP contribution in [0.1, 0.15) is 20.8 Å². The average molecular weight is 190 g/mol. The minimum absolute atomic E-state index is 0.332. The van der Waals surface area contributed by atoms with Gasteiger partial charge in [0.15, 0.2) is 0 Å². The van der Waals surface area contributed by atoms with Crippen LogP contribution in [0.3, 0.4) is 0 Å². The van der Waals surface area contributed by atoms with Crippen LogP contribution < -0.4 is 5.73 Å². The van der Waals surface area contributed by atoms with Crippen molar-refractivity contribution in [3.8, 4) is 0 Å². The zero-order chi connectivity index (χ0) is 9.72. The second kappa shape index (κ2) is 5.45. The molecule has 72 valence electrons. The molecule has 0 radical (unpaired) electrons. The number of hydrogen-bond donors (Lipinski definition) is 2. The number of aliphatic hydroxyl groups excluding tert-OH is 1. The molecule has 0 aliphatic carbocycles. The summed E-state index contributed by atoms with van der Waals surface area (Å²) in [5.41, 5.74) is 5.42. The molecule has 0 aliphatic rings. The van der Waals surface area contributed by atoms with Gasteiger partial charge >= 0.3 is 0 Å². The Morgan fingerprint density at radius 3 is 2.25 bits per heavy atom. The Morgan fingerprint density at radius 2 is 2.00 bits per heavy atom. The predicted octanol–water partition coefficient (Wildman–Crippen LogP) is 0.364. The minimum atomic E-state index is -0.332. The van der Waals surface area contributed by atoms with Gasteiger partial charge in [0, 0.05) is 19.1 Å². The van der Waals surface area contributed by atoms with E-state index in [9.17, 15) is 0 Å². The molecule has 0 saturated carbocycles. The zero-order valence-electron chi connectivity index (χ0n) is 7.95. The maximum absolute atomic E-state index is 9.16. The Labute approximate surface area is 79.5 Å². The van der Waals surface area contributed by atoms with E-state index in [4.69, 9.17) is 23.1 Å². The molecule has 0 saturated heterocycles. The summed E-state index contributed by atoms with van der Waals surface area (Å²) < 4.78 is 0. The lowest BCUT2D eigenvalue weighted by molar-refractivity contribution is 0.119. The summed E-state index contributed by atoms with van der Waals surface area (Å²) in [6.45, 7) is 7.07. The fraction of sp³-hybridized carbons (Fsp3) is 0.875. The van der Waals surface area contributed by atoms with E-state index < -0.39 is 0 Å². The van der Waals surface area contributed by atoms with Gasteiger partial charge in [0.2, 0.25) is 0 Å². The van der Waals surface area contributed by atoms with Gasteiger partial charge in [-0.15, -0.1) is 0 Å². The third-order valence-corrected chi connectivity index (χ3v) is 1.72. The number of hydrogen-bond acceptors (Lipinski definition) is 3. The maximum Gasteiger partial charge on any atom is 0.0870 e. The summed E-state index contributed by atoms with van der Waals surface area (Å²) in [5, 5.41) is 9.16. The van der Waals surface area contributed by atoms with Crippen molar-refractivity contribution in [1.29, 1.82) is 0 Å². The van der Waals surface area contributed by atoms with Crippen LogP contribution in [0.15, 0.2) is 0 Å². The molecule has 0 aromatic carbocycles. The number of nitrogens with two attached hydrogens (primary N) is 1. The van der Waals surface area contributed by atoms with Crippen molar-refractivity contribution in [3.05, 3.63) is 0 Å². The molecule has 3 nitrogen and oxygen atoms in total. The zero-order valence-corrected chi connectivity index (χ0v) is 8.77. The molecule has 12 heavy (non-hydrogen) atoms. The van der Waals surface area contributed by atoms with Crippen LogP contribution in [0.25, 0.3) is 0 Å². The van der Waals surface area contributed by atoms with Crippen LogP contribution in [0, 0.1) is 0 Å². The van der Waals surface area contributed by atoms with E-state index in [1.807, 2.05) is 4.90 Å². The monoisotopic (exact) mass is 190 g/mol. The Morgan fingerprint density at radius 1 is 1.50 bits per heavy atom. The number of nitrogens with zero attached hydrogens (tertiary/aromatic N) is 1. The summed E-state index contributed by atoms with van der Waals surface area (Å²) in [6.07, 6.45) is -0.332. The molecule has 1 atom stereocenters. The summed E-state index contributed by atoms with van der Waals surface area (Å²) >= 11 is 4.80. The molecule has 0 amide bonds. The summed E-state index contributed by atoms with van der Waals surface area (Å²) in [4.78, 5) is 2.52. The molecule has 0 aliphatic heterocycles. The number of thiocarbonyl (C=S) groups is 1. The van der Waals surface area contributed by atoms with E-state index in [2.05, 4.69) is 13.8 Å². The summed E-state index contributed by atoms with van der Waals surface area (Å²) in [7, 11) is 0. The summed E-state index contributed by atoms with van der Waals surface area (Å²) in [6, 6.07) is 0.362. The first-order chi connectivity index (χ1) is 5.43. The van der Waals surface area contributed by atoms with Gasteiger partial charge in [-0.3, -0.25) is 4.90 Å².